The van der Waals surface area contributed by atoms with Crippen LogP contribution in [0.4, 0.5) is 0 Å². The maximum Gasteiger partial charge on any atom is 0.0486 e. The molecule has 2 heteroatoms. The van der Waals surface area contributed by atoms with Crippen molar-refractivity contribution >= 4 is 0 Å². The van der Waals surface area contributed by atoms with Gasteiger partial charge in [-0.15, -0.1) is 0 Å². The van der Waals surface area contributed by atoms with Gasteiger partial charge in [0, 0.05) is 30.9 Å². The highest BCUT2D eigenvalue weighted by Crippen LogP contribution is 2.23. The normalized spacial score (nSPS) is 33.1. The van der Waals surface area contributed by atoms with Crippen LogP contribution < -0.4 is 5.32 Å². The minimum absolute atomic E-state index is 0.404. The highest BCUT2D eigenvalue weighted by molar-refractivity contribution is 5.34. The zero-order valence-corrected chi connectivity index (χ0v) is 11.4. The first-order valence-corrected chi connectivity index (χ1v) is 6.67. The predicted molar refractivity (Wildman–Crippen MR) is 73.8 cm³/mol. The molecule has 0 radical (unpaired) electrons. The van der Waals surface area contributed by atoms with Crippen molar-refractivity contribution in [1.82, 2.24) is 10.2 Å². The van der Waals surface area contributed by atoms with Crippen molar-refractivity contribution in [3.63, 3.8) is 0 Å². The molecule has 2 atom stereocenters. The number of fused-ring (bicyclic) bond motifs is 1. The first-order valence-electron chi connectivity index (χ1n) is 6.67. The van der Waals surface area contributed by atoms with E-state index in [0.717, 1.165) is 13.1 Å². The van der Waals surface area contributed by atoms with Crippen molar-refractivity contribution in [2.75, 3.05) is 13.1 Å². The van der Waals surface area contributed by atoms with Crippen molar-refractivity contribution < 1.29 is 0 Å². The second-order valence-corrected chi connectivity index (χ2v) is 5.39. The van der Waals surface area contributed by atoms with Crippen LogP contribution in [0.5, 0.6) is 0 Å². The Kier molecular flexibility index (Phi) is 3.72. The number of hydrogen-bond acceptors (Lipinski definition) is 2. The third-order valence-electron chi connectivity index (χ3n) is 3.69. The Morgan fingerprint density at radius 2 is 2.06 bits per heavy atom. The van der Waals surface area contributed by atoms with Gasteiger partial charge >= 0.3 is 0 Å². The predicted octanol–water partition coefficient (Wildman–Crippen LogP) is 2.70. The van der Waals surface area contributed by atoms with E-state index in [2.05, 4.69) is 62.2 Å². The smallest absolute Gasteiger partial charge is 0.0486 e. The molecule has 1 aliphatic heterocycles. The average molecular weight is 232 g/mol. The maximum absolute atomic E-state index is 3.62. The van der Waals surface area contributed by atoms with Crippen LogP contribution in [0.2, 0.25) is 0 Å². The van der Waals surface area contributed by atoms with Crippen LogP contribution in [0.3, 0.4) is 0 Å². The van der Waals surface area contributed by atoms with Crippen LogP contribution in [0.25, 0.3) is 0 Å². The molecule has 2 nitrogen and oxygen atoms in total. The van der Waals surface area contributed by atoms with Crippen LogP contribution in [0.15, 0.2) is 35.6 Å². The fourth-order valence-electron chi connectivity index (χ4n) is 2.57. The van der Waals surface area contributed by atoms with Crippen LogP contribution in [0.1, 0.15) is 27.7 Å². The molecule has 0 fully saturated rings. The van der Waals surface area contributed by atoms with E-state index in [1.165, 1.54) is 11.3 Å². The lowest BCUT2D eigenvalue weighted by Gasteiger charge is -2.30. The van der Waals surface area contributed by atoms with Crippen LogP contribution >= 0.6 is 0 Å². The summed E-state index contributed by atoms with van der Waals surface area (Å²) in [6.45, 7) is 11.2. The number of nitrogens with one attached hydrogen (secondary N) is 1. The lowest BCUT2D eigenvalue weighted by Crippen LogP contribution is -2.34. The van der Waals surface area contributed by atoms with Crippen molar-refractivity contribution in [2.45, 2.75) is 39.8 Å². The van der Waals surface area contributed by atoms with Gasteiger partial charge in [0.25, 0.3) is 0 Å². The van der Waals surface area contributed by atoms with E-state index >= 15 is 0 Å². The van der Waals surface area contributed by atoms with Crippen LogP contribution in [-0.2, 0) is 0 Å². The molecule has 1 heterocycles. The summed E-state index contributed by atoms with van der Waals surface area (Å²) in [7, 11) is 0. The molecular weight excluding hydrogens is 208 g/mol. The average Bonchev–Trinajstić information content (AvgIpc) is 2.45. The zero-order valence-electron chi connectivity index (χ0n) is 11.4. The first kappa shape index (κ1) is 12.4. The highest BCUT2D eigenvalue weighted by Gasteiger charge is 2.22. The molecular formula is C15H24N2. The summed E-state index contributed by atoms with van der Waals surface area (Å²) in [5, 5.41) is 3.62. The largest absolute Gasteiger partial charge is 0.368 e. The summed E-state index contributed by atoms with van der Waals surface area (Å²) in [6.07, 6.45) is 9.21. The fraction of sp³-hybridized carbons (Fsp3) is 0.600. The minimum Gasteiger partial charge on any atom is -0.368 e. The Balaban J connectivity index is 2.42. The van der Waals surface area contributed by atoms with Gasteiger partial charge in [0.15, 0.2) is 0 Å². The van der Waals surface area contributed by atoms with Crippen molar-refractivity contribution in [1.29, 1.82) is 0 Å². The molecule has 2 unspecified atom stereocenters. The number of allylic oxidation sites excluding steroid dienone is 3. The second kappa shape index (κ2) is 5.09. The molecule has 94 valence electrons. The molecule has 0 aromatic heterocycles. The second-order valence-electron chi connectivity index (χ2n) is 5.39. The van der Waals surface area contributed by atoms with Gasteiger partial charge < -0.3 is 10.2 Å². The first-order chi connectivity index (χ1) is 8.09. The lowest BCUT2D eigenvalue weighted by atomic mass is 9.98. The van der Waals surface area contributed by atoms with E-state index < -0.39 is 0 Å². The summed E-state index contributed by atoms with van der Waals surface area (Å²) < 4.78 is 0. The van der Waals surface area contributed by atoms with Crippen molar-refractivity contribution in [3.8, 4) is 0 Å². The van der Waals surface area contributed by atoms with Gasteiger partial charge in [-0.25, -0.2) is 0 Å². The summed E-state index contributed by atoms with van der Waals surface area (Å²) in [4.78, 5) is 2.50. The van der Waals surface area contributed by atoms with Gasteiger partial charge in [-0.1, -0.05) is 25.2 Å². The topological polar surface area (TPSA) is 15.3 Å². The molecule has 2 aliphatic rings. The Morgan fingerprint density at radius 3 is 2.76 bits per heavy atom. The van der Waals surface area contributed by atoms with Crippen molar-refractivity contribution in [3.05, 3.63) is 35.6 Å². The van der Waals surface area contributed by atoms with Gasteiger partial charge in [0.1, 0.15) is 0 Å². The zero-order chi connectivity index (χ0) is 12.4. The molecule has 0 spiro atoms. The number of hydrogen-bond donors (Lipinski definition) is 1. The number of nitrogens with zero attached hydrogens (tertiary/aromatic N) is 1. The summed E-state index contributed by atoms with van der Waals surface area (Å²) in [5.74, 6) is 0.523. The monoisotopic (exact) mass is 232 g/mol. The Labute approximate surface area is 105 Å². The van der Waals surface area contributed by atoms with Crippen LogP contribution in [0, 0.1) is 5.92 Å². The Hall–Kier alpha value is -1.02. The molecule has 2 bridgehead atoms. The van der Waals surface area contributed by atoms with Gasteiger partial charge in [0.2, 0.25) is 0 Å². The fourth-order valence-corrected chi connectivity index (χ4v) is 2.57. The maximum atomic E-state index is 3.62. The summed E-state index contributed by atoms with van der Waals surface area (Å²) in [6, 6.07) is 0.963. The van der Waals surface area contributed by atoms with Gasteiger partial charge in [0.05, 0.1) is 0 Å². The molecule has 1 aliphatic carbocycles. The van der Waals surface area contributed by atoms with Gasteiger partial charge in [-0.05, 0) is 38.3 Å². The van der Waals surface area contributed by atoms with E-state index in [0.29, 0.717) is 18.0 Å². The molecule has 0 saturated carbocycles. The third-order valence-corrected chi connectivity index (χ3v) is 3.69. The van der Waals surface area contributed by atoms with Gasteiger partial charge in [-0.3, -0.25) is 0 Å². The van der Waals surface area contributed by atoms with Crippen molar-refractivity contribution in [2.24, 2.45) is 5.92 Å². The molecule has 0 saturated heterocycles. The number of rotatable bonds is 1. The molecule has 0 aromatic carbocycles. The minimum atomic E-state index is 0.404. The molecule has 17 heavy (non-hydrogen) atoms. The van der Waals surface area contributed by atoms with E-state index in [1.54, 1.807) is 0 Å². The quantitative estimate of drug-likeness (QED) is 0.699. The highest BCUT2D eigenvalue weighted by atomic mass is 15.2. The molecule has 0 amide bonds. The van der Waals surface area contributed by atoms with E-state index in [9.17, 15) is 0 Å². The standard InChI is InChI=1S/C15H24N2/c1-11(2)17-10-9-16-14-7-5-12(3)6-8-15(17)13(14)4/h5-8,11-12,14,16H,9-10H2,1-4H3/b7-5-,8-6-. The SMILES string of the molecule is CC1=C2/C=C\C(C)/C=C\C1NCCN2C(C)C. The van der Waals surface area contributed by atoms with Crippen LogP contribution in [-0.4, -0.2) is 30.1 Å². The Bertz CT molecular complexity index is 363. The Morgan fingerprint density at radius 1 is 1.29 bits per heavy atom. The van der Waals surface area contributed by atoms with E-state index in [4.69, 9.17) is 0 Å². The molecule has 1 N–H and O–H groups in total. The van der Waals surface area contributed by atoms with E-state index in [1.807, 2.05) is 0 Å². The molecule has 2 rings (SSSR count). The third kappa shape index (κ3) is 2.63. The summed E-state index contributed by atoms with van der Waals surface area (Å²) in [5.41, 5.74) is 2.85. The van der Waals surface area contributed by atoms with E-state index in [-0.39, 0.29) is 0 Å². The summed E-state index contributed by atoms with van der Waals surface area (Å²) >= 11 is 0. The van der Waals surface area contributed by atoms with Gasteiger partial charge in [-0.2, -0.15) is 0 Å². The molecule has 0 aromatic rings. The lowest BCUT2D eigenvalue weighted by molar-refractivity contribution is 0.297.